The number of carbonyl (C=O) groups excluding carboxylic acids is 1. The number of carbonyl (C=O) groups is 1. The Morgan fingerprint density at radius 1 is 0.893 bits per heavy atom. The predicted octanol–water partition coefficient (Wildman–Crippen LogP) is 5.81. The number of rotatable bonds is 5. The SMILES string of the molecule is CC(C)(C)OC(=O)[C@@H](N=C(c1ccccc1)c1ccccc1)C1CCCCC1. The van der Waals surface area contributed by atoms with Crippen LogP contribution in [0, 0.1) is 5.92 Å². The van der Waals surface area contributed by atoms with Gasteiger partial charge in [-0.3, -0.25) is 4.99 Å². The summed E-state index contributed by atoms with van der Waals surface area (Å²) in [5, 5.41) is 0. The number of hydrogen-bond acceptors (Lipinski definition) is 3. The van der Waals surface area contributed by atoms with E-state index < -0.39 is 11.6 Å². The van der Waals surface area contributed by atoms with Gasteiger partial charge in [0, 0.05) is 11.1 Å². The Labute approximate surface area is 168 Å². The number of nitrogens with zero attached hydrogens (tertiary/aromatic N) is 1. The highest BCUT2D eigenvalue weighted by atomic mass is 16.6. The zero-order valence-electron chi connectivity index (χ0n) is 17.2. The molecular formula is C25H31NO2. The molecule has 2 aromatic carbocycles. The second kappa shape index (κ2) is 9.18. The molecule has 0 radical (unpaired) electrons. The van der Waals surface area contributed by atoms with E-state index in [1.165, 1.54) is 6.42 Å². The molecule has 3 rings (SSSR count). The molecule has 1 aliphatic carbocycles. The third-order valence-corrected chi connectivity index (χ3v) is 5.11. The van der Waals surface area contributed by atoms with Gasteiger partial charge in [-0.05, 0) is 39.5 Å². The minimum Gasteiger partial charge on any atom is -0.458 e. The number of hydrogen-bond donors (Lipinski definition) is 0. The number of esters is 1. The van der Waals surface area contributed by atoms with Gasteiger partial charge in [-0.2, -0.15) is 0 Å². The first-order valence-electron chi connectivity index (χ1n) is 10.4. The van der Waals surface area contributed by atoms with Crippen LogP contribution >= 0.6 is 0 Å². The quantitative estimate of drug-likeness (QED) is 0.487. The van der Waals surface area contributed by atoms with Gasteiger partial charge >= 0.3 is 5.97 Å². The van der Waals surface area contributed by atoms with Crippen LogP contribution in [0.3, 0.4) is 0 Å². The molecule has 1 saturated carbocycles. The van der Waals surface area contributed by atoms with Crippen molar-refractivity contribution in [3.63, 3.8) is 0 Å². The highest BCUT2D eigenvalue weighted by molar-refractivity contribution is 6.13. The van der Waals surface area contributed by atoms with Gasteiger partial charge in [0.25, 0.3) is 0 Å². The third-order valence-electron chi connectivity index (χ3n) is 5.11. The first-order chi connectivity index (χ1) is 13.4. The lowest BCUT2D eigenvalue weighted by Gasteiger charge is -2.30. The van der Waals surface area contributed by atoms with Gasteiger partial charge < -0.3 is 4.74 Å². The van der Waals surface area contributed by atoms with Crippen molar-refractivity contribution < 1.29 is 9.53 Å². The Hall–Kier alpha value is -2.42. The Bertz CT molecular complexity index is 743. The minimum absolute atomic E-state index is 0.205. The molecule has 0 aliphatic heterocycles. The summed E-state index contributed by atoms with van der Waals surface area (Å²) in [7, 11) is 0. The maximum atomic E-state index is 13.1. The molecule has 0 spiro atoms. The zero-order valence-corrected chi connectivity index (χ0v) is 17.2. The van der Waals surface area contributed by atoms with Gasteiger partial charge in [0.05, 0.1) is 5.71 Å². The Morgan fingerprint density at radius 2 is 1.39 bits per heavy atom. The second-order valence-electron chi connectivity index (χ2n) is 8.59. The van der Waals surface area contributed by atoms with E-state index in [-0.39, 0.29) is 11.9 Å². The maximum absolute atomic E-state index is 13.1. The number of ether oxygens (including phenoxy) is 1. The van der Waals surface area contributed by atoms with Crippen molar-refractivity contribution in [1.82, 2.24) is 0 Å². The van der Waals surface area contributed by atoms with Crippen molar-refractivity contribution in [3.8, 4) is 0 Å². The van der Waals surface area contributed by atoms with Crippen LogP contribution in [0.1, 0.15) is 64.0 Å². The lowest BCUT2D eigenvalue weighted by molar-refractivity contribution is -0.158. The van der Waals surface area contributed by atoms with E-state index in [1.54, 1.807) is 0 Å². The van der Waals surface area contributed by atoms with Crippen molar-refractivity contribution in [2.75, 3.05) is 0 Å². The lowest BCUT2D eigenvalue weighted by atomic mass is 9.83. The Morgan fingerprint density at radius 3 is 1.86 bits per heavy atom. The van der Waals surface area contributed by atoms with E-state index in [0.29, 0.717) is 0 Å². The summed E-state index contributed by atoms with van der Waals surface area (Å²) in [5.41, 5.74) is 2.40. The molecule has 0 unspecified atom stereocenters. The van der Waals surface area contributed by atoms with Crippen LogP contribution < -0.4 is 0 Å². The zero-order chi connectivity index (χ0) is 20.0. The summed E-state index contributed by atoms with van der Waals surface area (Å²) in [5.74, 6) is 0.0368. The molecule has 0 saturated heterocycles. The minimum atomic E-state index is -0.515. The molecule has 2 aromatic rings. The molecule has 1 fully saturated rings. The molecule has 0 amide bonds. The normalized spacial score (nSPS) is 16.2. The fourth-order valence-corrected chi connectivity index (χ4v) is 3.81. The van der Waals surface area contributed by atoms with Crippen LogP contribution in [0.5, 0.6) is 0 Å². The molecule has 0 N–H and O–H groups in total. The van der Waals surface area contributed by atoms with Crippen molar-refractivity contribution >= 4 is 11.7 Å². The summed E-state index contributed by atoms with van der Waals surface area (Å²) in [6, 6.07) is 19.8. The predicted molar refractivity (Wildman–Crippen MR) is 115 cm³/mol. The lowest BCUT2D eigenvalue weighted by Crippen LogP contribution is -2.37. The van der Waals surface area contributed by atoms with Gasteiger partial charge in [0.1, 0.15) is 5.60 Å². The van der Waals surface area contributed by atoms with Crippen LogP contribution in [0.15, 0.2) is 65.7 Å². The van der Waals surface area contributed by atoms with Gasteiger partial charge in [-0.15, -0.1) is 0 Å². The van der Waals surface area contributed by atoms with Crippen molar-refractivity contribution in [3.05, 3.63) is 71.8 Å². The maximum Gasteiger partial charge on any atom is 0.331 e. The van der Waals surface area contributed by atoms with Crippen LogP contribution in [-0.4, -0.2) is 23.3 Å². The van der Waals surface area contributed by atoms with Gasteiger partial charge in [-0.1, -0.05) is 79.9 Å². The van der Waals surface area contributed by atoms with Crippen LogP contribution in [-0.2, 0) is 9.53 Å². The van der Waals surface area contributed by atoms with Crippen LogP contribution in [0.2, 0.25) is 0 Å². The summed E-state index contributed by atoms with van der Waals surface area (Å²) in [6.45, 7) is 5.76. The second-order valence-corrected chi connectivity index (χ2v) is 8.59. The standard InChI is InChI=1S/C25H31NO2/c1-25(2,3)28-24(27)23(21-17-11-6-12-18-21)26-22(19-13-7-4-8-14-19)20-15-9-5-10-16-20/h4-5,7-10,13-16,21,23H,6,11-12,17-18H2,1-3H3/t23-/m0/s1. The third kappa shape index (κ3) is 5.54. The van der Waals surface area contributed by atoms with E-state index in [4.69, 9.17) is 9.73 Å². The molecule has 28 heavy (non-hydrogen) atoms. The van der Waals surface area contributed by atoms with E-state index in [9.17, 15) is 4.79 Å². The number of benzene rings is 2. The molecule has 1 atom stereocenters. The summed E-state index contributed by atoms with van der Waals surface area (Å²) in [6.07, 6.45) is 5.62. The highest BCUT2D eigenvalue weighted by Gasteiger charge is 2.33. The largest absolute Gasteiger partial charge is 0.458 e. The fraction of sp³-hybridized carbons (Fsp3) is 0.440. The summed E-state index contributed by atoms with van der Waals surface area (Å²) >= 11 is 0. The van der Waals surface area contributed by atoms with E-state index in [1.807, 2.05) is 57.2 Å². The smallest absolute Gasteiger partial charge is 0.331 e. The first-order valence-corrected chi connectivity index (χ1v) is 10.4. The molecule has 3 heteroatoms. The molecular weight excluding hydrogens is 346 g/mol. The molecule has 0 aromatic heterocycles. The molecule has 3 nitrogen and oxygen atoms in total. The Kier molecular flexibility index (Phi) is 6.66. The molecule has 0 bridgehead atoms. The van der Waals surface area contributed by atoms with Crippen molar-refractivity contribution in [2.45, 2.75) is 64.5 Å². The van der Waals surface area contributed by atoms with E-state index >= 15 is 0 Å². The highest BCUT2D eigenvalue weighted by Crippen LogP contribution is 2.30. The van der Waals surface area contributed by atoms with Gasteiger partial charge in [0.15, 0.2) is 6.04 Å². The number of aliphatic imine (C=N–C) groups is 1. The monoisotopic (exact) mass is 377 g/mol. The fourth-order valence-electron chi connectivity index (χ4n) is 3.81. The summed E-state index contributed by atoms with van der Waals surface area (Å²) < 4.78 is 5.78. The van der Waals surface area contributed by atoms with Crippen LogP contribution in [0.25, 0.3) is 0 Å². The van der Waals surface area contributed by atoms with Crippen LogP contribution in [0.4, 0.5) is 0 Å². The van der Waals surface area contributed by atoms with E-state index in [2.05, 4.69) is 24.3 Å². The average Bonchev–Trinajstić information content (AvgIpc) is 2.69. The van der Waals surface area contributed by atoms with Crippen molar-refractivity contribution in [1.29, 1.82) is 0 Å². The van der Waals surface area contributed by atoms with Gasteiger partial charge in [-0.25, -0.2) is 4.79 Å². The molecule has 1 aliphatic rings. The van der Waals surface area contributed by atoms with Gasteiger partial charge in [0.2, 0.25) is 0 Å². The van der Waals surface area contributed by atoms with E-state index in [0.717, 1.165) is 42.5 Å². The Balaban J connectivity index is 2.04. The topological polar surface area (TPSA) is 38.7 Å². The first kappa shape index (κ1) is 20.3. The summed E-state index contributed by atoms with van der Waals surface area (Å²) in [4.78, 5) is 18.2. The van der Waals surface area contributed by atoms with Crippen molar-refractivity contribution in [2.24, 2.45) is 10.9 Å². The molecule has 0 heterocycles. The molecule has 148 valence electrons. The average molecular weight is 378 g/mol.